The van der Waals surface area contributed by atoms with Crippen molar-refractivity contribution in [3.05, 3.63) is 11.3 Å². The molecule has 0 aromatic carbocycles. The average Bonchev–Trinajstić information content (AvgIpc) is 2.48. The van der Waals surface area contributed by atoms with Crippen LogP contribution in [0.3, 0.4) is 0 Å². The van der Waals surface area contributed by atoms with Crippen molar-refractivity contribution >= 4 is 35.5 Å². The van der Waals surface area contributed by atoms with Crippen LogP contribution >= 0.6 is 11.8 Å². The molecule has 0 saturated carbocycles. The second-order valence-electron chi connectivity index (χ2n) is 4.86. The third-order valence-electron chi connectivity index (χ3n) is 3.39. The molecule has 9 nitrogen and oxygen atoms in total. The zero-order chi connectivity index (χ0) is 17.3. The van der Waals surface area contributed by atoms with Crippen molar-refractivity contribution in [3.8, 4) is 6.19 Å². The number of carbonyl (C=O) groups is 4. The van der Waals surface area contributed by atoms with E-state index in [1.54, 1.807) is 6.19 Å². The van der Waals surface area contributed by atoms with Crippen LogP contribution in [0.25, 0.3) is 0 Å². The first-order valence-electron chi connectivity index (χ1n) is 6.50. The zero-order valence-corrected chi connectivity index (χ0v) is 16.1. The summed E-state index contributed by atoms with van der Waals surface area (Å²) in [7, 11) is 0. The SMILES string of the molecule is CC(=O)OCC1=C(C(=O)[O-])N2C(=O)[C@@H](N(C#N)C(C)=O)[C@H]2SC1.[Na+]. The molecule has 0 N–H and O–H groups in total. The Morgan fingerprint density at radius 3 is 2.54 bits per heavy atom. The van der Waals surface area contributed by atoms with Crippen LogP contribution in [0, 0.1) is 11.5 Å². The van der Waals surface area contributed by atoms with E-state index in [9.17, 15) is 24.3 Å². The first kappa shape index (κ1) is 20.5. The van der Waals surface area contributed by atoms with E-state index in [-0.39, 0.29) is 53.2 Å². The van der Waals surface area contributed by atoms with Crippen LogP contribution in [0.5, 0.6) is 0 Å². The van der Waals surface area contributed by atoms with Gasteiger partial charge < -0.3 is 14.6 Å². The molecule has 0 spiro atoms. The van der Waals surface area contributed by atoms with Crippen molar-refractivity contribution in [3.63, 3.8) is 0 Å². The van der Waals surface area contributed by atoms with Crippen molar-refractivity contribution in [2.45, 2.75) is 25.3 Å². The Labute approximate surface area is 163 Å². The minimum atomic E-state index is -1.57. The zero-order valence-electron chi connectivity index (χ0n) is 13.3. The van der Waals surface area contributed by atoms with Crippen LogP contribution in [0.1, 0.15) is 13.8 Å². The van der Waals surface area contributed by atoms with Gasteiger partial charge in [-0.1, -0.05) is 0 Å². The summed E-state index contributed by atoms with van der Waals surface area (Å²) in [6.07, 6.45) is 1.64. The molecule has 0 bridgehead atoms. The Bertz CT molecular complexity index is 673. The van der Waals surface area contributed by atoms with Gasteiger partial charge >= 0.3 is 35.5 Å². The first-order valence-corrected chi connectivity index (χ1v) is 7.55. The topological polar surface area (TPSA) is 131 Å². The van der Waals surface area contributed by atoms with Crippen LogP contribution in [0.4, 0.5) is 0 Å². The summed E-state index contributed by atoms with van der Waals surface area (Å²) in [4.78, 5) is 47.6. The third-order valence-corrected chi connectivity index (χ3v) is 4.71. The largest absolute Gasteiger partial charge is 1.00 e. The van der Waals surface area contributed by atoms with Gasteiger partial charge in [-0.15, -0.1) is 11.8 Å². The van der Waals surface area contributed by atoms with Crippen LogP contribution < -0.4 is 34.7 Å². The third kappa shape index (κ3) is 3.59. The Morgan fingerprint density at radius 1 is 1.46 bits per heavy atom. The quantitative estimate of drug-likeness (QED) is 0.160. The molecule has 2 atom stereocenters. The Morgan fingerprint density at radius 2 is 2.08 bits per heavy atom. The number of carboxylic acid groups (broad SMARTS) is 1. The number of amides is 2. The van der Waals surface area contributed by atoms with E-state index in [2.05, 4.69) is 0 Å². The molecule has 2 aliphatic heterocycles. The van der Waals surface area contributed by atoms with Gasteiger partial charge in [-0.2, -0.15) is 5.26 Å². The molecule has 0 aromatic heterocycles. The molecular weight excluding hydrogens is 349 g/mol. The number of carboxylic acids is 1. The Hall–Kier alpha value is -1.54. The maximum atomic E-state index is 12.2. The van der Waals surface area contributed by atoms with Crippen molar-refractivity contribution in [2.75, 3.05) is 12.4 Å². The summed E-state index contributed by atoms with van der Waals surface area (Å²) >= 11 is 1.19. The molecule has 2 amide bonds. The van der Waals surface area contributed by atoms with Crippen LogP contribution in [0.2, 0.25) is 0 Å². The van der Waals surface area contributed by atoms with E-state index in [0.29, 0.717) is 0 Å². The number of esters is 1. The van der Waals surface area contributed by atoms with Crippen LogP contribution in [-0.2, 0) is 23.9 Å². The molecular formula is C13H12N3NaO6S. The number of thioether (sulfide) groups is 1. The molecule has 0 aliphatic carbocycles. The Kier molecular flexibility index (Phi) is 6.86. The van der Waals surface area contributed by atoms with E-state index in [1.807, 2.05) is 0 Å². The van der Waals surface area contributed by atoms with Gasteiger partial charge in [0.25, 0.3) is 5.91 Å². The maximum absolute atomic E-state index is 12.2. The summed E-state index contributed by atoms with van der Waals surface area (Å²) < 4.78 is 4.78. The van der Waals surface area contributed by atoms with Crippen molar-refractivity contribution in [1.82, 2.24) is 9.80 Å². The molecule has 24 heavy (non-hydrogen) atoms. The monoisotopic (exact) mass is 361 g/mol. The number of hydrogen-bond donors (Lipinski definition) is 0. The van der Waals surface area contributed by atoms with Gasteiger partial charge in [0, 0.05) is 25.2 Å². The number of β-lactam (4-membered cyclic amide) rings is 1. The maximum Gasteiger partial charge on any atom is 1.00 e. The van der Waals surface area contributed by atoms with Crippen LogP contribution in [0.15, 0.2) is 11.3 Å². The predicted octanol–water partition coefficient (Wildman–Crippen LogP) is -4.83. The normalized spacial score (nSPS) is 21.7. The van der Waals surface area contributed by atoms with E-state index in [4.69, 9.17) is 10.00 Å². The van der Waals surface area contributed by atoms with Gasteiger partial charge in [0.1, 0.15) is 12.0 Å². The number of hydrogen-bond acceptors (Lipinski definition) is 8. The van der Waals surface area contributed by atoms with Gasteiger partial charge in [0.2, 0.25) is 5.91 Å². The second-order valence-corrected chi connectivity index (χ2v) is 5.97. The average molecular weight is 361 g/mol. The summed E-state index contributed by atoms with van der Waals surface area (Å²) in [6, 6.07) is -1.04. The molecule has 2 aliphatic rings. The minimum Gasteiger partial charge on any atom is -0.543 e. The molecule has 0 radical (unpaired) electrons. The number of rotatable bonds is 4. The van der Waals surface area contributed by atoms with Gasteiger partial charge in [-0.05, 0) is 0 Å². The van der Waals surface area contributed by atoms with Crippen molar-refractivity contribution in [2.24, 2.45) is 0 Å². The molecule has 2 rings (SSSR count). The van der Waals surface area contributed by atoms with Gasteiger partial charge in [0.05, 0.1) is 11.7 Å². The number of ether oxygens (including phenoxy) is 1. The molecule has 2 heterocycles. The molecule has 11 heteroatoms. The minimum absolute atomic E-state index is 0. The second kappa shape index (κ2) is 8.02. The molecule has 1 fully saturated rings. The summed E-state index contributed by atoms with van der Waals surface area (Å²) in [5.74, 6) is -3.26. The van der Waals surface area contributed by atoms with Crippen molar-refractivity contribution < 1.29 is 58.6 Å². The molecule has 0 unspecified atom stereocenters. The van der Waals surface area contributed by atoms with E-state index in [0.717, 1.165) is 16.7 Å². The van der Waals surface area contributed by atoms with Crippen molar-refractivity contribution in [1.29, 1.82) is 5.26 Å². The van der Waals surface area contributed by atoms with E-state index in [1.165, 1.54) is 18.7 Å². The van der Waals surface area contributed by atoms with Crippen LogP contribution in [-0.4, -0.2) is 57.3 Å². The van der Waals surface area contributed by atoms with E-state index >= 15 is 0 Å². The Balaban J connectivity index is 0.00000288. The summed E-state index contributed by atoms with van der Waals surface area (Å²) in [5.41, 5.74) is -0.128. The smallest absolute Gasteiger partial charge is 0.543 e. The van der Waals surface area contributed by atoms with Gasteiger partial charge in [-0.3, -0.25) is 19.3 Å². The van der Waals surface area contributed by atoms with Gasteiger partial charge in [0.15, 0.2) is 12.2 Å². The van der Waals surface area contributed by atoms with Gasteiger partial charge in [-0.25, -0.2) is 4.90 Å². The first-order chi connectivity index (χ1) is 10.8. The predicted molar refractivity (Wildman–Crippen MR) is 73.7 cm³/mol. The number of carbonyl (C=O) groups excluding carboxylic acids is 4. The fraction of sp³-hybridized carbons (Fsp3) is 0.462. The fourth-order valence-electron chi connectivity index (χ4n) is 2.38. The fourth-order valence-corrected chi connectivity index (χ4v) is 3.76. The number of fused-ring (bicyclic) bond motifs is 1. The molecule has 122 valence electrons. The number of nitrogens with zero attached hydrogens (tertiary/aromatic N) is 3. The number of nitriles is 1. The number of aliphatic carboxylic acids is 1. The standard InChI is InChI=1S/C13H13N3O6S.Na/c1-6(17)15(5-14)10-11(19)16-9(13(20)21)8(3-22-7(2)18)4-23-12(10)16;/h10,12H,3-4H2,1-2H3,(H,20,21);/q;+1/p-1/t10-,12-;/m1./s1. The summed E-state index contributed by atoms with van der Waals surface area (Å²) in [5, 5.41) is 19.7. The van der Waals surface area contributed by atoms with E-state index < -0.39 is 35.2 Å². The summed E-state index contributed by atoms with van der Waals surface area (Å²) in [6.45, 7) is 2.07. The molecule has 1 saturated heterocycles. The molecule has 0 aromatic rings.